The van der Waals surface area contributed by atoms with Gasteiger partial charge in [0.25, 0.3) is 5.91 Å². The monoisotopic (exact) mass is 258 g/mol. The van der Waals surface area contributed by atoms with Crippen LogP contribution in [0.2, 0.25) is 0 Å². The van der Waals surface area contributed by atoms with Crippen LogP contribution in [-0.4, -0.2) is 42.8 Å². The van der Waals surface area contributed by atoms with Crippen LogP contribution in [0.5, 0.6) is 0 Å². The predicted molar refractivity (Wildman–Crippen MR) is 66.0 cm³/mol. The quantitative estimate of drug-likeness (QED) is 0.607. The van der Waals surface area contributed by atoms with Crippen molar-refractivity contribution in [3.8, 4) is 0 Å². The van der Waals surface area contributed by atoms with Crippen LogP contribution < -0.4 is 11.1 Å². The third-order valence-corrected chi connectivity index (χ3v) is 3.45. The normalized spacial score (nSPS) is 26.1. The number of nitrogens with one attached hydrogen (secondary N) is 1. The van der Waals surface area contributed by atoms with Gasteiger partial charge in [-0.2, -0.15) is 0 Å². The Balaban J connectivity index is 2.65. The summed E-state index contributed by atoms with van der Waals surface area (Å²) < 4.78 is 4.95. The second-order valence-corrected chi connectivity index (χ2v) is 4.66. The Morgan fingerprint density at radius 2 is 2.06 bits per heavy atom. The molecule has 0 aromatic carbocycles. The number of carboxylic acid groups (broad SMARTS) is 1. The fourth-order valence-electron chi connectivity index (χ4n) is 2.36. The fraction of sp³-hybridized carbons (Fsp3) is 0.833. The summed E-state index contributed by atoms with van der Waals surface area (Å²) in [5.41, 5.74) is 5.41. The topological polar surface area (TPSA) is 102 Å². The van der Waals surface area contributed by atoms with Crippen LogP contribution in [0, 0.1) is 5.92 Å². The van der Waals surface area contributed by atoms with E-state index in [0.29, 0.717) is 12.8 Å². The Hall–Kier alpha value is -1.14. The van der Waals surface area contributed by atoms with E-state index < -0.39 is 18.0 Å². The van der Waals surface area contributed by atoms with Crippen molar-refractivity contribution in [2.45, 2.75) is 44.2 Å². The lowest BCUT2D eigenvalue weighted by Crippen LogP contribution is -2.49. The molecule has 0 aromatic rings. The van der Waals surface area contributed by atoms with Crippen LogP contribution in [0.15, 0.2) is 0 Å². The van der Waals surface area contributed by atoms with E-state index in [4.69, 9.17) is 10.5 Å². The maximum Gasteiger partial charge on any atom is 0.308 e. The third-order valence-electron chi connectivity index (χ3n) is 3.45. The molecule has 1 aliphatic rings. The molecule has 0 heterocycles. The van der Waals surface area contributed by atoms with E-state index in [1.807, 2.05) is 0 Å². The van der Waals surface area contributed by atoms with E-state index in [1.54, 1.807) is 0 Å². The second-order valence-electron chi connectivity index (χ2n) is 4.66. The van der Waals surface area contributed by atoms with Gasteiger partial charge in [0.1, 0.15) is 6.10 Å². The molecule has 104 valence electrons. The lowest BCUT2D eigenvalue weighted by atomic mass is 9.94. The second kappa shape index (κ2) is 7.33. The van der Waals surface area contributed by atoms with Gasteiger partial charge in [-0.05, 0) is 12.8 Å². The van der Waals surface area contributed by atoms with E-state index in [-0.39, 0.29) is 18.5 Å². The molecular weight excluding hydrogens is 236 g/mol. The maximum absolute atomic E-state index is 11.8. The highest BCUT2D eigenvalue weighted by atomic mass is 16.5. The molecule has 1 saturated carbocycles. The fourth-order valence-corrected chi connectivity index (χ4v) is 2.36. The minimum Gasteiger partial charge on any atom is -0.481 e. The first-order valence-electron chi connectivity index (χ1n) is 6.36. The average molecular weight is 258 g/mol. The van der Waals surface area contributed by atoms with E-state index >= 15 is 0 Å². The van der Waals surface area contributed by atoms with Gasteiger partial charge in [0.05, 0.1) is 5.92 Å². The van der Waals surface area contributed by atoms with Crippen molar-refractivity contribution in [1.29, 1.82) is 0 Å². The molecule has 1 rings (SSSR count). The molecule has 0 aromatic heterocycles. The van der Waals surface area contributed by atoms with E-state index in [1.165, 1.54) is 7.11 Å². The number of methoxy groups -OCH3 is 1. The summed E-state index contributed by atoms with van der Waals surface area (Å²) >= 11 is 0. The Labute approximate surface area is 107 Å². The summed E-state index contributed by atoms with van der Waals surface area (Å²) in [7, 11) is 1.42. The molecule has 0 saturated heterocycles. The molecule has 1 aliphatic carbocycles. The van der Waals surface area contributed by atoms with Gasteiger partial charge in [-0.25, -0.2) is 0 Å². The number of carbonyl (C=O) groups is 2. The highest BCUT2D eigenvalue weighted by Gasteiger charge is 2.31. The zero-order valence-corrected chi connectivity index (χ0v) is 10.7. The van der Waals surface area contributed by atoms with Crippen molar-refractivity contribution in [2.24, 2.45) is 11.7 Å². The van der Waals surface area contributed by atoms with E-state index in [2.05, 4.69) is 5.32 Å². The van der Waals surface area contributed by atoms with Crippen LogP contribution in [0.1, 0.15) is 32.1 Å². The standard InChI is InChI=1S/C12H22N2O4/c1-18-10(7-13)11(15)14-9-6-4-2-3-5-8(9)12(16)17/h8-10H,2-7,13H2,1H3,(H,14,15)(H,16,17). The molecule has 0 aliphatic heterocycles. The molecule has 3 unspecified atom stereocenters. The van der Waals surface area contributed by atoms with Crippen LogP contribution in [0.25, 0.3) is 0 Å². The largest absolute Gasteiger partial charge is 0.481 e. The van der Waals surface area contributed by atoms with Gasteiger partial charge >= 0.3 is 5.97 Å². The first kappa shape index (κ1) is 14.9. The molecule has 6 nitrogen and oxygen atoms in total. The van der Waals surface area contributed by atoms with E-state index in [0.717, 1.165) is 19.3 Å². The minimum atomic E-state index is -0.844. The highest BCUT2D eigenvalue weighted by molar-refractivity contribution is 5.82. The number of carbonyl (C=O) groups excluding carboxylic acids is 1. The number of carboxylic acids is 1. The summed E-state index contributed by atoms with van der Waals surface area (Å²) in [4.78, 5) is 23.0. The molecule has 0 bridgehead atoms. The first-order chi connectivity index (χ1) is 8.60. The lowest BCUT2D eigenvalue weighted by Gasteiger charge is -2.24. The zero-order chi connectivity index (χ0) is 13.5. The van der Waals surface area contributed by atoms with Gasteiger partial charge in [0.2, 0.25) is 0 Å². The smallest absolute Gasteiger partial charge is 0.308 e. The molecule has 3 atom stereocenters. The summed E-state index contributed by atoms with van der Waals surface area (Å²) in [6, 6.07) is -0.318. The van der Waals surface area contributed by atoms with Crippen molar-refractivity contribution >= 4 is 11.9 Å². The van der Waals surface area contributed by atoms with Crippen molar-refractivity contribution in [2.75, 3.05) is 13.7 Å². The van der Waals surface area contributed by atoms with Crippen LogP contribution >= 0.6 is 0 Å². The van der Waals surface area contributed by atoms with Gasteiger partial charge in [0, 0.05) is 19.7 Å². The van der Waals surface area contributed by atoms with Crippen molar-refractivity contribution < 1.29 is 19.4 Å². The van der Waals surface area contributed by atoms with Crippen molar-refractivity contribution in [3.63, 3.8) is 0 Å². The molecule has 4 N–H and O–H groups in total. The van der Waals surface area contributed by atoms with Crippen LogP contribution in [0.3, 0.4) is 0 Å². The first-order valence-corrected chi connectivity index (χ1v) is 6.36. The number of aliphatic carboxylic acids is 1. The number of ether oxygens (including phenoxy) is 1. The zero-order valence-electron chi connectivity index (χ0n) is 10.7. The Kier molecular flexibility index (Phi) is 6.07. The van der Waals surface area contributed by atoms with Crippen molar-refractivity contribution in [3.05, 3.63) is 0 Å². The minimum absolute atomic E-state index is 0.0901. The van der Waals surface area contributed by atoms with Gasteiger partial charge in [-0.15, -0.1) is 0 Å². The average Bonchev–Trinajstić information content (AvgIpc) is 2.56. The van der Waals surface area contributed by atoms with Gasteiger partial charge in [0.15, 0.2) is 0 Å². The molecule has 0 radical (unpaired) electrons. The third kappa shape index (κ3) is 3.96. The lowest BCUT2D eigenvalue weighted by molar-refractivity contribution is -0.143. The Bertz CT molecular complexity index is 292. The molecule has 18 heavy (non-hydrogen) atoms. The highest BCUT2D eigenvalue weighted by Crippen LogP contribution is 2.23. The molecule has 0 spiro atoms. The number of hydrogen-bond acceptors (Lipinski definition) is 4. The summed E-state index contributed by atoms with van der Waals surface area (Å²) in [6.45, 7) is 0.0901. The summed E-state index contributed by atoms with van der Waals surface area (Å²) in [5.74, 6) is -1.67. The Morgan fingerprint density at radius 3 is 2.61 bits per heavy atom. The van der Waals surface area contributed by atoms with Crippen LogP contribution in [0.4, 0.5) is 0 Å². The molecule has 6 heteroatoms. The number of amides is 1. The predicted octanol–water partition coefficient (Wildman–Crippen LogP) is 0.110. The van der Waals surface area contributed by atoms with Gasteiger partial charge < -0.3 is 20.9 Å². The summed E-state index contributed by atoms with van der Waals surface area (Å²) in [5, 5.41) is 12.0. The SMILES string of the molecule is COC(CN)C(=O)NC1CCCCCC1C(=O)O. The summed E-state index contributed by atoms with van der Waals surface area (Å²) in [6.07, 6.45) is 3.45. The van der Waals surface area contributed by atoms with E-state index in [9.17, 15) is 14.7 Å². The van der Waals surface area contributed by atoms with Gasteiger partial charge in [-0.3, -0.25) is 9.59 Å². The van der Waals surface area contributed by atoms with Crippen molar-refractivity contribution in [1.82, 2.24) is 5.32 Å². The molecule has 1 fully saturated rings. The molecular formula is C12H22N2O4. The number of hydrogen-bond donors (Lipinski definition) is 3. The van der Waals surface area contributed by atoms with Gasteiger partial charge in [-0.1, -0.05) is 19.3 Å². The maximum atomic E-state index is 11.8. The number of rotatable bonds is 5. The number of nitrogens with two attached hydrogens (primary N) is 1. The van der Waals surface area contributed by atoms with Crippen LogP contribution in [-0.2, 0) is 14.3 Å². The molecule has 1 amide bonds. The Morgan fingerprint density at radius 1 is 1.39 bits per heavy atom.